The maximum atomic E-state index is 12.8. The molecule has 4 aromatic heterocycles. The second kappa shape index (κ2) is 16.9. The van der Waals surface area contributed by atoms with Crippen molar-refractivity contribution < 1.29 is 19.1 Å². The van der Waals surface area contributed by atoms with Crippen molar-refractivity contribution in [1.82, 2.24) is 29.5 Å². The molecule has 0 aliphatic carbocycles. The molecule has 0 unspecified atom stereocenters. The van der Waals surface area contributed by atoms with Gasteiger partial charge in [-0.25, -0.2) is 0 Å². The third kappa shape index (κ3) is 9.38. The van der Waals surface area contributed by atoms with E-state index in [1.54, 1.807) is 101 Å². The Morgan fingerprint density at radius 1 is 0.571 bits per heavy atom. The molecule has 0 aliphatic rings. The molecule has 8 aromatic rings. The highest BCUT2D eigenvalue weighted by molar-refractivity contribution is 6.10. The number of aromatic nitrogens is 6. The Hall–Kier alpha value is -7.86. The fourth-order valence-corrected chi connectivity index (χ4v) is 5.59. The molecule has 1 amide bonds. The number of carbonyl (C=O) groups excluding carboxylic acids is 2. The van der Waals surface area contributed by atoms with Crippen LogP contribution in [0.5, 0.6) is 23.0 Å². The Balaban J connectivity index is 0.000000202. The van der Waals surface area contributed by atoms with E-state index in [0.717, 1.165) is 22.5 Å². The zero-order chi connectivity index (χ0) is 38.9. The number of hydrogen-bond acceptors (Lipinski definition) is 9. The molecule has 0 saturated carbocycles. The van der Waals surface area contributed by atoms with Crippen molar-refractivity contribution >= 4 is 23.1 Å². The van der Waals surface area contributed by atoms with Crippen molar-refractivity contribution in [3.63, 3.8) is 0 Å². The van der Waals surface area contributed by atoms with Gasteiger partial charge in [-0.1, -0.05) is 54.6 Å². The fourth-order valence-electron chi connectivity index (χ4n) is 5.59. The van der Waals surface area contributed by atoms with E-state index < -0.39 is 0 Å². The van der Waals surface area contributed by atoms with Gasteiger partial charge in [0.25, 0.3) is 5.91 Å². The molecule has 12 heteroatoms. The lowest BCUT2D eigenvalue weighted by Crippen LogP contribution is -2.12. The highest BCUT2D eigenvalue weighted by atomic mass is 16.5. The molecule has 12 nitrogen and oxygen atoms in total. The van der Waals surface area contributed by atoms with Gasteiger partial charge in [0.15, 0.2) is 5.78 Å². The summed E-state index contributed by atoms with van der Waals surface area (Å²) in [5.74, 6) is 2.23. The maximum absolute atomic E-state index is 12.8. The third-order valence-electron chi connectivity index (χ3n) is 8.33. The van der Waals surface area contributed by atoms with E-state index in [0.29, 0.717) is 51.1 Å². The lowest BCUT2D eigenvalue weighted by molar-refractivity contribution is 0.102. The first-order valence-corrected chi connectivity index (χ1v) is 17.5. The molecule has 0 fully saturated rings. The van der Waals surface area contributed by atoms with Crippen LogP contribution in [0.3, 0.4) is 0 Å². The quantitative estimate of drug-likeness (QED) is 0.104. The van der Waals surface area contributed by atoms with E-state index >= 15 is 0 Å². The van der Waals surface area contributed by atoms with Gasteiger partial charge in [0.1, 0.15) is 23.0 Å². The van der Waals surface area contributed by atoms with Crippen molar-refractivity contribution in [2.45, 2.75) is 0 Å². The number of nitrogens with zero attached hydrogens (tertiary/aromatic N) is 6. The summed E-state index contributed by atoms with van der Waals surface area (Å²) in [6, 6.07) is 37.4. The molecule has 0 saturated heterocycles. The lowest BCUT2D eigenvalue weighted by atomic mass is 10.0. The van der Waals surface area contributed by atoms with Gasteiger partial charge in [-0.2, -0.15) is 10.2 Å². The molecular weight excluding hydrogens is 705 g/mol. The molecular formula is C44H36N8O4. The number of rotatable bonds is 10. The summed E-state index contributed by atoms with van der Waals surface area (Å²) in [4.78, 5) is 34.1. The number of ether oxygens (including phenoxy) is 2. The fraction of sp³-hybridized carbons (Fsp3) is 0.0455. The summed E-state index contributed by atoms with van der Waals surface area (Å²) in [5, 5.41) is 11.2. The first kappa shape index (κ1) is 36.5. The highest BCUT2D eigenvalue weighted by Gasteiger charge is 2.12. The number of benzene rings is 4. The number of anilines is 2. The van der Waals surface area contributed by atoms with Crippen molar-refractivity contribution in [1.29, 1.82) is 0 Å². The van der Waals surface area contributed by atoms with Crippen LogP contribution in [-0.4, -0.2) is 41.2 Å². The number of carbonyl (C=O) groups is 2. The summed E-state index contributed by atoms with van der Waals surface area (Å²) in [6.45, 7) is 0. The Bertz CT molecular complexity index is 2600. The van der Waals surface area contributed by atoms with Crippen LogP contribution >= 0.6 is 0 Å². The van der Waals surface area contributed by atoms with Gasteiger partial charge in [-0.3, -0.25) is 28.9 Å². The molecule has 56 heavy (non-hydrogen) atoms. The van der Waals surface area contributed by atoms with Crippen LogP contribution in [-0.2, 0) is 14.1 Å². The number of amides is 1. The zero-order valence-corrected chi connectivity index (χ0v) is 30.5. The predicted octanol–water partition coefficient (Wildman–Crippen LogP) is 8.61. The molecule has 0 spiro atoms. The highest BCUT2D eigenvalue weighted by Crippen LogP contribution is 2.28. The summed E-state index contributed by atoms with van der Waals surface area (Å²) < 4.78 is 15.2. The lowest BCUT2D eigenvalue weighted by Gasteiger charge is -2.10. The van der Waals surface area contributed by atoms with Crippen molar-refractivity contribution in [3.05, 3.63) is 181 Å². The minimum Gasteiger partial charge on any atom is -0.457 e. The van der Waals surface area contributed by atoms with Crippen LogP contribution in [0.1, 0.15) is 26.3 Å². The van der Waals surface area contributed by atoms with Crippen LogP contribution in [0.25, 0.3) is 22.5 Å². The molecule has 8 rings (SSSR count). The van der Waals surface area contributed by atoms with Gasteiger partial charge >= 0.3 is 0 Å². The monoisotopic (exact) mass is 740 g/mol. The topological polar surface area (TPSA) is 152 Å². The molecule has 0 atom stereocenters. The van der Waals surface area contributed by atoms with Crippen molar-refractivity contribution in [2.75, 3.05) is 11.1 Å². The van der Waals surface area contributed by atoms with Crippen LogP contribution in [0.15, 0.2) is 165 Å². The van der Waals surface area contributed by atoms with E-state index in [-0.39, 0.29) is 11.7 Å². The summed E-state index contributed by atoms with van der Waals surface area (Å²) in [6.07, 6.45) is 10.7. The molecule has 4 aromatic carbocycles. The summed E-state index contributed by atoms with van der Waals surface area (Å²) >= 11 is 0. The van der Waals surface area contributed by atoms with E-state index in [4.69, 9.17) is 15.2 Å². The van der Waals surface area contributed by atoms with Gasteiger partial charge in [-0.15, -0.1) is 0 Å². The Morgan fingerprint density at radius 2 is 1.09 bits per heavy atom. The molecule has 0 aliphatic heterocycles. The number of nitrogens with one attached hydrogen (secondary N) is 1. The Labute approximate surface area is 322 Å². The molecule has 276 valence electrons. The Morgan fingerprint density at radius 3 is 1.64 bits per heavy atom. The molecule has 0 radical (unpaired) electrons. The largest absolute Gasteiger partial charge is 0.457 e. The zero-order valence-electron chi connectivity index (χ0n) is 30.5. The predicted molar refractivity (Wildman–Crippen MR) is 215 cm³/mol. The average Bonchev–Trinajstić information content (AvgIpc) is 3.87. The first-order valence-electron chi connectivity index (χ1n) is 17.5. The number of nitrogens with two attached hydrogens (primary N) is 1. The van der Waals surface area contributed by atoms with Gasteiger partial charge in [0, 0.05) is 102 Å². The minimum absolute atomic E-state index is 0.0878. The number of nitrogen functional groups attached to an aromatic ring is 1. The first-order chi connectivity index (χ1) is 27.3. The SMILES string of the molecule is Cn1cc(-c2cc(Oc3cccc(N)c3)ccn2)cn1.Cn1cc(-c2cc(Oc3cccc(NC(=O)c4ccc(C(=O)c5ccccc5)cc4)c3)ccn2)cn1. The number of aryl methyl sites for hydroxylation is 2. The van der Waals surface area contributed by atoms with E-state index in [1.165, 1.54) is 0 Å². The van der Waals surface area contributed by atoms with Crippen LogP contribution in [0.4, 0.5) is 11.4 Å². The number of pyridine rings is 2. The molecule has 4 heterocycles. The number of ketones is 1. The van der Waals surface area contributed by atoms with Gasteiger partial charge in [-0.05, 0) is 48.5 Å². The normalized spacial score (nSPS) is 10.5. The standard InChI is InChI=1S/C29H22N4O3.C15H14N4O/c1-33-19-23(18-31-33)27-17-26(14-15-30-27)36-25-9-5-8-24(16-25)32-29(35)22-12-10-21(11-13-22)28(34)20-6-3-2-4-7-20;1-19-10-11(9-18-19)15-8-14(5-6-17-15)20-13-4-2-3-12(16)7-13/h2-19H,1H3,(H,32,35);2-10H,16H2,1H3. The molecule has 3 N–H and O–H groups in total. The van der Waals surface area contributed by atoms with Gasteiger partial charge in [0.2, 0.25) is 0 Å². The maximum Gasteiger partial charge on any atom is 0.255 e. The van der Waals surface area contributed by atoms with Gasteiger partial charge < -0.3 is 20.5 Å². The molecule has 0 bridgehead atoms. The van der Waals surface area contributed by atoms with Crippen LogP contribution in [0.2, 0.25) is 0 Å². The van der Waals surface area contributed by atoms with Crippen molar-refractivity contribution in [3.8, 4) is 45.5 Å². The van der Waals surface area contributed by atoms with E-state index in [2.05, 4.69) is 25.5 Å². The summed E-state index contributed by atoms with van der Waals surface area (Å²) in [7, 11) is 3.72. The Kier molecular flexibility index (Phi) is 11.0. The second-order valence-corrected chi connectivity index (χ2v) is 12.6. The van der Waals surface area contributed by atoms with E-state index in [9.17, 15) is 9.59 Å². The van der Waals surface area contributed by atoms with Crippen molar-refractivity contribution in [2.24, 2.45) is 14.1 Å². The third-order valence-corrected chi connectivity index (χ3v) is 8.33. The smallest absolute Gasteiger partial charge is 0.255 e. The van der Waals surface area contributed by atoms with Gasteiger partial charge in [0.05, 0.1) is 23.8 Å². The van der Waals surface area contributed by atoms with Crippen LogP contribution in [0, 0.1) is 0 Å². The summed E-state index contributed by atoms with van der Waals surface area (Å²) in [5.41, 5.74) is 12.0. The van der Waals surface area contributed by atoms with E-state index in [1.807, 2.05) is 87.2 Å². The number of hydrogen-bond donors (Lipinski definition) is 2. The average molecular weight is 741 g/mol. The minimum atomic E-state index is -0.284. The van der Waals surface area contributed by atoms with Crippen LogP contribution < -0.4 is 20.5 Å². The second-order valence-electron chi connectivity index (χ2n) is 12.6.